The van der Waals surface area contributed by atoms with Crippen molar-refractivity contribution < 1.29 is 14.4 Å². The Morgan fingerprint density at radius 1 is 1.47 bits per heavy atom. The minimum absolute atomic E-state index is 0.0206. The molecule has 104 valence electrons. The molecule has 0 saturated heterocycles. The topological polar surface area (TPSA) is 73.6 Å². The van der Waals surface area contributed by atoms with E-state index in [1.165, 1.54) is 13.2 Å². The average molecular weight is 266 g/mol. The van der Waals surface area contributed by atoms with Gasteiger partial charge in [-0.05, 0) is 25.5 Å². The van der Waals surface area contributed by atoms with E-state index >= 15 is 0 Å². The average Bonchev–Trinajstić information content (AvgIpc) is 2.35. The summed E-state index contributed by atoms with van der Waals surface area (Å²) in [6.07, 6.45) is 1.79. The number of hydrogen-bond acceptors (Lipinski definition) is 5. The predicted octanol–water partition coefficient (Wildman–Crippen LogP) is 2.12. The molecule has 0 bridgehead atoms. The summed E-state index contributed by atoms with van der Waals surface area (Å²) < 4.78 is 10.8. The van der Waals surface area contributed by atoms with E-state index in [1.807, 2.05) is 0 Å². The van der Waals surface area contributed by atoms with E-state index in [9.17, 15) is 10.1 Å². The maximum absolute atomic E-state index is 10.9. The molecule has 1 N–H and O–H groups in total. The summed E-state index contributed by atoms with van der Waals surface area (Å²) in [5, 5.41) is 14.3. The van der Waals surface area contributed by atoms with Crippen molar-refractivity contribution in [2.45, 2.75) is 31.9 Å². The smallest absolute Gasteiger partial charge is 0.311 e. The number of nitrogens with one attached hydrogen (secondary N) is 1. The van der Waals surface area contributed by atoms with Gasteiger partial charge in [0.25, 0.3) is 0 Å². The summed E-state index contributed by atoms with van der Waals surface area (Å²) in [6.45, 7) is 2.98. The van der Waals surface area contributed by atoms with E-state index in [4.69, 9.17) is 9.47 Å². The summed E-state index contributed by atoms with van der Waals surface area (Å²) in [6, 6.07) is 5.00. The summed E-state index contributed by atoms with van der Waals surface area (Å²) >= 11 is 0. The molecule has 0 aliphatic heterocycles. The molecule has 0 spiro atoms. The van der Waals surface area contributed by atoms with Crippen LogP contribution in [-0.2, 0) is 0 Å². The molecule has 1 aliphatic carbocycles. The molecule has 1 aromatic rings. The van der Waals surface area contributed by atoms with Crippen LogP contribution >= 0.6 is 0 Å². The lowest BCUT2D eigenvalue weighted by Gasteiger charge is -2.35. The molecule has 1 saturated carbocycles. The monoisotopic (exact) mass is 266 g/mol. The lowest BCUT2D eigenvalue weighted by atomic mass is 9.89. The van der Waals surface area contributed by atoms with E-state index in [0.717, 1.165) is 19.4 Å². The Bertz CT molecular complexity index is 458. The Morgan fingerprint density at radius 3 is 2.79 bits per heavy atom. The molecule has 0 heterocycles. The van der Waals surface area contributed by atoms with Crippen LogP contribution in [0.3, 0.4) is 0 Å². The Hall–Kier alpha value is -1.82. The fourth-order valence-corrected chi connectivity index (χ4v) is 2.16. The molecule has 6 heteroatoms. The first-order chi connectivity index (χ1) is 9.13. The Labute approximate surface area is 111 Å². The number of nitro benzene ring substituents is 1. The number of rotatable bonds is 6. The van der Waals surface area contributed by atoms with Crippen molar-refractivity contribution in [1.29, 1.82) is 0 Å². The number of nitrogens with zero attached hydrogens (tertiary/aromatic N) is 1. The van der Waals surface area contributed by atoms with Gasteiger partial charge in [0, 0.05) is 18.2 Å². The van der Waals surface area contributed by atoms with E-state index in [-0.39, 0.29) is 17.5 Å². The summed E-state index contributed by atoms with van der Waals surface area (Å²) in [4.78, 5) is 10.5. The third kappa shape index (κ3) is 3.14. The van der Waals surface area contributed by atoms with Crippen LogP contribution in [0.15, 0.2) is 18.2 Å². The maximum atomic E-state index is 10.9. The van der Waals surface area contributed by atoms with E-state index in [2.05, 4.69) is 12.2 Å². The predicted molar refractivity (Wildman–Crippen MR) is 70.8 cm³/mol. The van der Waals surface area contributed by atoms with Crippen LogP contribution in [0.5, 0.6) is 11.5 Å². The van der Waals surface area contributed by atoms with Gasteiger partial charge in [-0.15, -0.1) is 0 Å². The van der Waals surface area contributed by atoms with Crippen molar-refractivity contribution in [3.63, 3.8) is 0 Å². The SMILES string of the molecule is CCNC1CC(Oc2cc(OC)ccc2[N+](=O)[O-])C1. The zero-order valence-corrected chi connectivity index (χ0v) is 11.1. The Kier molecular flexibility index (Phi) is 4.21. The fourth-order valence-electron chi connectivity index (χ4n) is 2.16. The molecular formula is C13H18N2O4. The number of methoxy groups -OCH3 is 1. The molecule has 0 aromatic heterocycles. The number of hydrogen-bond donors (Lipinski definition) is 1. The second-order valence-electron chi connectivity index (χ2n) is 4.56. The van der Waals surface area contributed by atoms with Crippen molar-refractivity contribution in [3.8, 4) is 11.5 Å². The number of ether oxygens (including phenoxy) is 2. The first-order valence-electron chi connectivity index (χ1n) is 6.36. The Morgan fingerprint density at radius 2 is 2.21 bits per heavy atom. The van der Waals surface area contributed by atoms with Gasteiger partial charge in [0.15, 0.2) is 0 Å². The first-order valence-corrected chi connectivity index (χ1v) is 6.36. The van der Waals surface area contributed by atoms with Crippen molar-refractivity contribution in [3.05, 3.63) is 28.3 Å². The minimum atomic E-state index is -0.435. The van der Waals surface area contributed by atoms with Gasteiger partial charge in [0.1, 0.15) is 11.9 Å². The molecule has 0 amide bonds. The first kappa shape index (κ1) is 13.6. The largest absolute Gasteiger partial charge is 0.497 e. The van der Waals surface area contributed by atoms with Crippen molar-refractivity contribution >= 4 is 5.69 Å². The lowest BCUT2D eigenvalue weighted by Crippen LogP contribution is -2.46. The molecule has 6 nitrogen and oxygen atoms in total. The third-order valence-electron chi connectivity index (χ3n) is 3.24. The molecule has 0 atom stereocenters. The zero-order valence-electron chi connectivity index (χ0n) is 11.1. The van der Waals surface area contributed by atoms with Gasteiger partial charge in [-0.3, -0.25) is 10.1 Å². The van der Waals surface area contributed by atoms with Gasteiger partial charge < -0.3 is 14.8 Å². The summed E-state index contributed by atoms with van der Waals surface area (Å²) in [5.41, 5.74) is -0.0206. The van der Waals surface area contributed by atoms with Crippen LogP contribution in [0, 0.1) is 10.1 Å². The molecule has 0 radical (unpaired) electrons. The molecule has 0 unspecified atom stereocenters. The summed E-state index contributed by atoms with van der Waals surface area (Å²) in [7, 11) is 1.52. The van der Waals surface area contributed by atoms with Crippen molar-refractivity contribution in [2.75, 3.05) is 13.7 Å². The standard InChI is InChI=1S/C13H18N2O4/c1-3-14-9-6-11(7-9)19-13-8-10(18-2)4-5-12(13)15(16)17/h4-5,8-9,11,14H,3,6-7H2,1-2H3. The van der Waals surface area contributed by atoms with Crippen LogP contribution in [0.2, 0.25) is 0 Å². The second-order valence-corrected chi connectivity index (χ2v) is 4.56. The highest BCUT2D eigenvalue weighted by atomic mass is 16.6. The lowest BCUT2D eigenvalue weighted by molar-refractivity contribution is -0.386. The molecular weight excluding hydrogens is 248 g/mol. The zero-order chi connectivity index (χ0) is 13.8. The van der Waals surface area contributed by atoms with E-state index < -0.39 is 4.92 Å². The Balaban J connectivity index is 2.04. The number of benzene rings is 1. The third-order valence-corrected chi connectivity index (χ3v) is 3.24. The van der Waals surface area contributed by atoms with Crippen LogP contribution in [0.4, 0.5) is 5.69 Å². The molecule has 2 rings (SSSR count). The van der Waals surface area contributed by atoms with Crippen molar-refractivity contribution in [2.24, 2.45) is 0 Å². The van der Waals surface area contributed by atoms with Crippen molar-refractivity contribution in [1.82, 2.24) is 5.32 Å². The van der Waals surface area contributed by atoms with E-state index in [0.29, 0.717) is 11.8 Å². The van der Waals surface area contributed by atoms with Crippen LogP contribution in [0.1, 0.15) is 19.8 Å². The van der Waals surface area contributed by atoms with Gasteiger partial charge in [0.05, 0.1) is 12.0 Å². The quantitative estimate of drug-likeness (QED) is 0.630. The minimum Gasteiger partial charge on any atom is -0.497 e. The molecule has 1 aliphatic rings. The van der Waals surface area contributed by atoms with Gasteiger partial charge in [-0.2, -0.15) is 0 Å². The van der Waals surface area contributed by atoms with Crippen LogP contribution < -0.4 is 14.8 Å². The molecule has 1 fully saturated rings. The normalized spacial score (nSPS) is 21.6. The molecule has 1 aromatic carbocycles. The molecule has 19 heavy (non-hydrogen) atoms. The van der Waals surface area contributed by atoms with Crippen LogP contribution in [0.25, 0.3) is 0 Å². The number of nitro groups is 1. The maximum Gasteiger partial charge on any atom is 0.311 e. The van der Waals surface area contributed by atoms with Gasteiger partial charge in [0.2, 0.25) is 5.75 Å². The second kappa shape index (κ2) is 5.88. The van der Waals surface area contributed by atoms with Crippen LogP contribution in [-0.4, -0.2) is 30.7 Å². The highest BCUT2D eigenvalue weighted by Crippen LogP contribution is 2.35. The van der Waals surface area contributed by atoms with Gasteiger partial charge in [-0.1, -0.05) is 6.92 Å². The fraction of sp³-hybridized carbons (Fsp3) is 0.538. The van der Waals surface area contributed by atoms with E-state index in [1.54, 1.807) is 12.1 Å². The highest BCUT2D eigenvalue weighted by molar-refractivity contribution is 5.50. The summed E-state index contributed by atoms with van der Waals surface area (Å²) in [5.74, 6) is 0.840. The van der Waals surface area contributed by atoms with Gasteiger partial charge >= 0.3 is 5.69 Å². The highest BCUT2D eigenvalue weighted by Gasteiger charge is 2.31. The van der Waals surface area contributed by atoms with Gasteiger partial charge in [-0.25, -0.2) is 0 Å².